The summed E-state index contributed by atoms with van der Waals surface area (Å²) in [5.74, 6) is 1.95. The minimum Gasteiger partial charge on any atom is -0.490 e. The number of fused-ring (bicyclic) bond motifs is 2. The molecule has 2 atom stereocenters. The number of rotatable bonds is 10. The van der Waals surface area contributed by atoms with Gasteiger partial charge in [-0.2, -0.15) is 0 Å². The summed E-state index contributed by atoms with van der Waals surface area (Å²) in [4.78, 5) is 17.9. The Bertz CT molecular complexity index is 841. The van der Waals surface area contributed by atoms with Crippen LogP contribution in [0.5, 0.6) is 5.75 Å². The van der Waals surface area contributed by atoms with Gasteiger partial charge in [-0.1, -0.05) is 56.3 Å². The zero-order valence-electron chi connectivity index (χ0n) is 18.8. The molecule has 0 radical (unpaired) electrons. The molecule has 2 aromatic rings. The summed E-state index contributed by atoms with van der Waals surface area (Å²) in [5, 5.41) is 3.18. The van der Waals surface area contributed by atoms with Crippen molar-refractivity contribution in [3.8, 4) is 5.75 Å². The van der Waals surface area contributed by atoms with Crippen LogP contribution in [0.4, 0.5) is 5.69 Å². The molecule has 31 heavy (non-hydrogen) atoms. The third-order valence-corrected chi connectivity index (χ3v) is 6.86. The monoisotopic (exact) mass is 421 g/mol. The molecule has 5 heteroatoms. The van der Waals surface area contributed by atoms with E-state index in [4.69, 9.17) is 4.74 Å². The van der Waals surface area contributed by atoms with E-state index in [-0.39, 0.29) is 11.8 Å². The van der Waals surface area contributed by atoms with Gasteiger partial charge in [-0.05, 0) is 49.0 Å². The predicted molar refractivity (Wildman–Crippen MR) is 125 cm³/mol. The maximum atomic E-state index is 13.1. The fourth-order valence-electron chi connectivity index (χ4n) is 5.12. The summed E-state index contributed by atoms with van der Waals surface area (Å²) in [5.41, 5.74) is 2.14. The average Bonchev–Trinajstić information content (AvgIpc) is 2.78. The molecule has 1 saturated carbocycles. The number of nitrogens with one attached hydrogen (secondary N) is 1. The maximum Gasteiger partial charge on any atom is 0.228 e. The first-order valence-electron chi connectivity index (χ1n) is 11.7. The van der Waals surface area contributed by atoms with E-state index in [1.165, 1.54) is 12.0 Å². The number of amides is 1. The van der Waals surface area contributed by atoms with Crippen LogP contribution >= 0.6 is 0 Å². The summed E-state index contributed by atoms with van der Waals surface area (Å²) in [6.45, 7) is 10.9. The Morgan fingerprint density at radius 3 is 2.42 bits per heavy atom. The highest BCUT2D eigenvalue weighted by atomic mass is 16.5. The van der Waals surface area contributed by atoms with Crippen LogP contribution in [-0.4, -0.2) is 55.0 Å². The second-order valence-electron chi connectivity index (χ2n) is 8.82. The van der Waals surface area contributed by atoms with Gasteiger partial charge >= 0.3 is 0 Å². The molecule has 0 spiro atoms. The van der Waals surface area contributed by atoms with E-state index in [2.05, 4.69) is 59.3 Å². The molecule has 1 aliphatic carbocycles. The second-order valence-corrected chi connectivity index (χ2v) is 8.82. The van der Waals surface area contributed by atoms with E-state index in [0.29, 0.717) is 18.4 Å². The molecule has 2 bridgehead atoms. The van der Waals surface area contributed by atoms with Crippen LogP contribution in [0.2, 0.25) is 0 Å². The third kappa shape index (κ3) is 5.28. The molecule has 2 unspecified atom stereocenters. The van der Waals surface area contributed by atoms with E-state index in [1.54, 1.807) is 0 Å². The molecular weight excluding hydrogens is 386 g/mol. The Kier molecular flexibility index (Phi) is 7.25. The van der Waals surface area contributed by atoms with Gasteiger partial charge in [-0.25, -0.2) is 0 Å². The highest BCUT2D eigenvalue weighted by Gasteiger charge is 2.50. The van der Waals surface area contributed by atoms with Crippen molar-refractivity contribution in [3.63, 3.8) is 0 Å². The van der Waals surface area contributed by atoms with Crippen molar-refractivity contribution < 1.29 is 9.53 Å². The van der Waals surface area contributed by atoms with E-state index in [0.717, 1.165) is 50.7 Å². The summed E-state index contributed by atoms with van der Waals surface area (Å²) in [6, 6.07) is 18.4. The second kappa shape index (κ2) is 10.3. The van der Waals surface area contributed by atoms with Crippen LogP contribution in [0, 0.1) is 17.8 Å². The van der Waals surface area contributed by atoms with Crippen molar-refractivity contribution in [1.29, 1.82) is 0 Å². The number of para-hydroxylation sites is 2. The molecule has 2 aromatic carbocycles. The van der Waals surface area contributed by atoms with Crippen LogP contribution in [-0.2, 0) is 11.3 Å². The van der Waals surface area contributed by atoms with E-state index < -0.39 is 0 Å². The summed E-state index contributed by atoms with van der Waals surface area (Å²) in [7, 11) is 0. The van der Waals surface area contributed by atoms with Crippen molar-refractivity contribution in [2.24, 2.45) is 17.8 Å². The topological polar surface area (TPSA) is 44.8 Å². The first-order chi connectivity index (χ1) is 15.2. The SMILES string of the molecule is CCN(CC)CCOc1ccccc1NC(=O)C1C2CC1CN(Cc1ccccc1)C2. The fraction of sp³-hybridized carbons (Fsp3) is 0.500. The number of anilines is 1. The molecular formula is C26H35N3O2. The zero-order valence-corrected chi connectivity index (χ0v) is 18.8. The van der Waals surface area contributed by atoms with E-state index in [1.807, 2.05) is 24.3 Å². The van der Waals surface area contributed by atoms with Crippen molar-refractivity contribution >= 4 is 11.6 Å². The van der Waals surface area contributed by atoms with E-state index >= 15 is 0 Å². The Morgan fingerprint density at radius 1 is 1.03 bits per heavy atom. The van der Waals surface area contributed by atoms with Gasteiger partial charge in [0.2, 0.25) is 5.91 Å². The molecule has 3 aliphatic rings. The van der Waals surface area contributed by atoms with Gasteiger partial charge < -0.3 is 15.0 Å². The minimum absolute atomic E-state index is 0.121. The number of ether oxygens (including phenoxy) is 1. The zero-order chi connectivity index (χ0) is 21.6. The van der Waals surface area contributed by atoms with Crippen molar-refractivity contribution in [2.45, 2.75) is 26.8 Å². The first kappa shape index (κ1) is 21.8. The van der Waals surface area contributed by atoms with Crippen LogP contribution in [0.3, 0.4) is 0 Å². The van der Waals surface area contributed by atoms with Crippen molar-refractivity contribution in [1.82, 2.24) is 9.80 Å². The molecule has 2 saturated heterocycles. The first-order valence-corrected chi connectivity index (χ1v) is 11.7. The lowest BCUT2D eigenvalue weighted by molar-refractivity contribution is -0.136. The summed E-state index contributed by atoms with van der Waals surface area (Å²) >= 11 is 0. The fourth-order valence-corrected chi connectivity index (χ4v) is 5.12. The standard InChI is InChI=1S/C26H35N3O2/c1-3-28(4-2)14-15-31-24-13-9-8-12-23(24)27-26(30)25-21-16-22(25)19-29(18-21)17-20-10-6-5-7-11-20/h5-13,21-22,25H,3-4,14-19H2,1-2H3,(H,27,30). The highest BCUT2D eigenvalue weighted by molar-refractivity contribution is 5.95. The predicted octanol–water partition coefficient (Wildman–Crippen LogP) is 4.11. The number of nitrogens with zero attached hydrogens (tertiary/aromatic N) is 2. The van der Waals surface area contributed by atoms with Crippen molar-refractivity contribution in [3.05, 3.63) is 60.2 Å². The Labute approximate surface area is 186 Å². The lowest BCUT2D eigenvalue weighted by Gasteiger charge is -2.52. The average molecular weight is 422 g/mol. The normalized spacial score (nSPS) is 22.7. The summed E-state index contributed by atoms with van der Waals surface area (Å²) in [6.07, 6.45) is 1.17. The number of piperidine rings is 2. The van der Waals surface area contributed by atoms with Crippen LogP contribution < -0.4 is 10.1 Å². The number of hydrogen-bond donors (Lipinski definition) is 1. The lowest BCUT2D eigenvalue weighted by atomic mass is 9.61. The molecule has 2 aliphatic heterocycles. The van der Waals surface area contributed by atoms with Crippen LogP contribution in [0.15, 0.2) is 54.6 Å². The quantitative estimate of drug-likeness (QED) is 0.627. The van der Waals surface area contributed by atoms with Gasteiger partial charge in [0.15, 0.2) is 0 Å². The molecule has 0 aromatic heterocycles. The molecule has 1 amide bonds. The molecule has 3 fully saturated rings. The van der Waals surface area contributed by atoms with E-state index in [9.17, 15) is 4.79 Å². The molecule has 1 N–H and O–H groups in total. The third-order valence-electron chi connectivity index (χ3n) is 6.86. The Morgan fingerprint density at radius 2 is 1.71 bits per heavy atom. The van der Waals surface area contributed by atoms with Crippen molar-refractivity contribution in [2.75, 3.05) is 44.6 Å². The maximum absolute atomic E-state index is 13.1. The number of hydrogen-bond acceptors (Lipinski definition) is 4. The number of likely N-dealkylation sites (N-methyl/N-ethyl adjacent to an activating group) is 1. The van der Waals surface area contributed by atoms with Gasteiger partial charge in [-0.3, -0.25) is 9.69 Å². The van der Waals surface area contributed by atoms with Gasteiger partial charge in [-0.15, -0.1) is 0 Å². The number of carbonyl (C=O) groups excluding carboxylic acids is 1. The van der Waals surface area contributed by atoms with Gasteiger partial charge in [0, 0.05) is 32.1 Å². The van der Waals surface area contributed by atoms with Gasteiger partial charge in [0.05, 0.1) is 5.69 Å². The Balaban J connectivity index is 1.31. The summed E-state index contributed by atoms with van der Waals surface area (Å²) < 4.78 is 6.02. The number of carbonyl (C=O) groups is 1. The van der Waals surface area contributed by atoms with Crippen LogP contribution in [0.25, 0.3) is 0 Å². The lowest BCUT2D eigenvalue weighted by Crippen LogP contribution is -2.58. The number of benzene rings is 2. The highest BCUT2D eigenvalue weighted by Crippen LogP contribution is 2.46. The van der Waals surface area contributed by atoms with Gasteiger partial charge in [0.1, 0.15) is 12.4 Å². The molecule has 5 nitrogen and oxygen atoms in total. The minimum atomic E-state index is 0.121. The van der Waals surface area contributed by atoms with Gasteiger partial charge in [0.25, 0.3) is 0 Å². The molecule has 166 valence electrons. The van der Waals surface area contributed by atoms with Crippen LogP contribution in [0.1, 0.15) is 25.8 Å². The molecule has 5 rings (SSSR count). The smallest absolute Gasteiger partial charge is 0.228 e. The largest absolute Gasteiger partial charge is 0.490 e. The molecule has 2 heterocycles. The Hall–Kier alpha value is -2.37.